The number of sulfonamides is 1. The molecule has 7 nitrogen and oxygen atoms in total. The number of likely N-dealkylation sites (tertiary alicyclic amines) is 1. The summed E-state index contributed by atoms with van der Waals surface area (Å²) >= 11 is 0. The van der Waals surface area contributed by atoms with Crippen LogP contribution in [0.15, 0.2) is 48.5 Å². The molecule has 2 unspecified atom stereocenters. The Balaban J connectivity index is 1.88. The zero-order valence-electron chi connectivity index (χ0n) is 22.7. The van der Waals surface area contributed by atoms with Gasteiger partial charge in [0.05, 0.1) is 12.3 Å². The fourth-order valence-corrected chi connectivity index (χ4v) is 5.86. The lowest BCUT2D eigenvalue weighted by atomic mass is 9.89. The van der Waals surface area contributed by atoms with Gasteiger partial charge in [-0.1, -0.05) is 55.0 Å². The third-order valence-corrected chi connectivity index (χ3v) is 7.35. The van der Waals surface area contributed by atoms with Gasteiger partial charge in [-0.3, -0.25) is 0 Å². The molecular weight excluding hydrogens is 486 g/mol. The highest BCUT2D eigenvalue weighted by Crippen LogP contribution is 2.29. The van der Waals surface area contributed by atoms with Crippen molar-refractivity contribution in [2.24, 2.45) is 5.73 Å². The van der Waals surface area contributed by atoms with E-state index in [0.29, 0.717) is 25.8 Å². The number of hydrogen-bond donors (Lipinski definition) is 2. The number of nitrogens with two attached hydrogens (primary N) is 1. The summed E-state index contributed by atoms with van der Waals surface area (Å²) in [5.74, 6) is 0. The second-order valence-electron chi connectivity index (χ2n) is 11.0. The van der Waals surface area contributed by atoms with Gasteiger partial charge in [-0.25, -0.2) is 17.9 Å². The van der Waals surface area contributed by atoms with Gasteiger partial charge in [0.25, 0.3) is 0 Å². The third-order valence-electron chi connectivity index (χ3n) is 6.62. The summed E-state index contributed by atoms with van der Waals surface area (Å²) in [6, 6.07) is 16.1. The fraction of sp³-hybridized carbons (Fsp3) is 0.552. The lowest BCUT2D eigenvalue weighted by Crippen LogP contribution is -2.58. The molecule has 1 fully saturated rings. The van der Waals surface area contributed by atoms with Gasteiger partial charge >= 0.3 is 6.09 Å². The van der Waals surface area contributed by atoms with E-state index in [9.17, 15) is 13.2 Å². The molecule has 1 aliphatic heterocycles. The second-order valence-corrected chi connectivity index (χ2v) is 12.8. The van der Waals surface area contributed by atoms with E-state index < -0.39 is 21.7 Å². The number of carbonyl (C=O) groups is 1. The van der Waals surface area contributed by atoms with Crippen LogP contribution in [-0.4, -0.2) is 56.4 Å². The molecule has 2 aromatic carbocycles. The van der Waals surface area contributed by atoms with Crippen LogP contribution in [0.1, 0.15) is 64.0 Å². The van der Waals surface area contributed by atoms with Crippen molar-refractivity contribution < 1.29 is 17.9 Å². The zero-order valence-corrected chi connectivity index (χ0v) is 23.5. The average Bonchev–Trinajstić information content (AvgIpc) is 2.81. The van der Waals surface area contributed by atoms with Crippen molar-refractivity contribution >= 4 is 16.1 Å². The molecule has 2 aromatic rings. The standard InChI is InChI=1S/C29H43N3O4S/c1-29(2,3)36-28(33)32-19-11-17-26(31-37(4,34)35)27(32)21-22-12-10-15-24(20-22)25-16-8-7-14-23(25)13-6-5-9-18-30/h7-8,10,12,14-16,20,26-27,31H,5-6,9,11,13,17-19,21,30H2,1-4H3. The monoisotopic (exact) mass is 529 g/mol. The van der Waals surface area contributed by atoms with Crippen LogP contribution < -0.4 is 10.5 Å². The highest BCUT2D eigenvalue weighted by molar-refractivity contribution is 7.88. The van der Waals surface area contributed by atoms with Gasteiger partial charge in [-0.05, 0) is 88.1 Å². The Morgan fingerprint density at radius 3 is 2.57 bits per heavy atom. The average molecular weight is 530 g/mol. The first-order valence-electron chi connectivity index (χ1n) is 13.3. The first kappa shape index (κ1) is 29.1. The summed E-state index contributed by atoms with van der Waals surface area (Å²) in [5, 5.41) is 0. The molecule has 1 aliphatic rings. The number of carbonyl (C=O) groups excluding carboxylic acids is 1. The molecule has 1 heterocycles. The summed E-state index contributed by atoms with van der Waals surface area (Å²) in [5.41, 5.74) is 9.71. The molecule has 37 heavy (non-hydrogen) atoms. The molecule has 204 valence electrons. The zero-order chi connectivity index (χ0) is 27.1. The van der Waals surface area contributed by atoms with E-state index in [1.807, 2.05) is 32.9 Å². The molecule has 3 N–H and O–H groups in total. The maximum absolute atomic E-state index is 13.1. The van der Waals surface area contributed by atoms with Gasteiger partial charge in [0.15, 0.2) is 0 Å². The molecule has 1 amide bonds. The van der Waals surface area contributed by atoms with Crippen molar-refractivity contribution in [3.8, 4) is 11.1 Å². The number of unbranched alkanes of at least 4 members (excludes halogenated alkanes) is 2. The largest absolute Gasteiger partial charge is 0.444 e. The number of benzene rings is 2. The predicted molar refractivity (Wildman–Crippen MR) is 150 cm³/mol. The van der Waals surface area contributed by atoms with Crippen molar-refractivity contribution in [1.29, 1.82) is 0 Å². The van der Waals surface area contributed by atoms with E-state index in [1.54, 1.807) is 4.90 Å². The van der Waals surface area contributed by atoms with Gasteiger partial charge < -0.3 is 15.4 Å². The molecule has 3 rings (SSSR count). The normalized spacial score (nSPS) is 18.6. The van der Waals surface area contributed by atoms with Crippen LogP contribution in [0.2, 0.25) is 0 Å². The molecule has 0 radical (unpaired) electrons. The van der Waals surface area contributed by atoms with Crippen LogP contribution in [0.25, 0.3) is 11.1 Å². The Morgan fingerprint density at radius 1 is 1.11 bits per heavy atom. The van der Waals surface area contributed by atoms with Crippen LogP contribution in [0.5, 0.6) is 0 Å². The van der Waals surface area contributed by atoms with Crippen LogP contribution in [-0.2, 0) is 27.6 Å². The number of hydrogen-bond acceptors (Lipinski definition) is 5. The smallest absolute Gasteiger partial charge is 0.410 e. The highest BCUT2D eigenvalue weighted by atomic mass is 32.2. The molecular formula is C29H43N3O4S. The predicted octanol–water partition coefficient (Wildman–Crippen LogP) is 4.88. The van der Waals surface area contributed by atoms with Crippen LogP contribution in [0.4, 0.5) is 4.79 Å². The Bertz CT molecular complexity index is 1140. The SMILES string of the molecule is CC(C)(C)OC(=O)N1CCCC(NS(C)(=O)=O)C1Cc1cccc(-c2ccccc2CCCCCN)c1. The minimum atomic E-state index is -3.44. The Hall–Kier alpha value is -2.42. The molecule has 0 aromatic heterocycles. The van der Waals surface area contributed by atoms with Crippen LogP contribution >= 0.6 is 0 Å². The third kappa shape index (κ3) is 9.13. The molecule has 8 heteroatoms. The molecule has 0 aliphatic carbocycles. The topological polar surface area (TPSA) is 102 Å². The fourth-order valence-electron chi connectivity index (χ4n) is 5.03. The molecule has 2 atom stereocenters. The number of ether oxygens (including phenoxy) is 1. The van der Waals surface area contributed by atoms with Crippen molar-refractivity contribution in [2.45, 2.75) is 83.4 Å². The second kappa shape index (κ2) is 12.9. The van der Waals surface area contributed by atoms with Crippen molar-refractivity contribution in [3.63, 3.8) is 0 Å². The Kier molecular flexibility index (Phi) is 10.2. The van der Waals surface area contributed by atoms with E-state index in [-0.39, 0.29) is 12.1 Å². The quantitative estimate of drug-likeness (QED) is 0.427. The first-order chi connectivity index (χ1) is 17.5. The lowest BCUT2D eigenvalue weighted by Gasteiger charge is -2.41. The van der Waals surface area contributed by atoms with Gasteiger partial charge in [-0.2, -0.15) is 0 Å². The molecule has 1 saturated heterocycles. The van der Waals surface area contributed by atoms with Crippen molar-refractivity contribution in [2.75, 3.05) is 19.3 Å². The number of amides is 1. The molecule has 0 spiro atoms. The van der Waals surface area contributed by atoms with Gasteiger partial charge in [0.2, 0.25) is 10.0 Å². The molecule has 0 bridgehead atoms. The molecule has 0 saturated carbocycles. The summed E-state index contributed by atoms with van der Waals surface area (Å²) in [7, 11) is -3.44. The van der Waals surface area contributed by atoms with E-state index in [2.05, 4.69) is 41.1 Å². The lowest BCUT2D eigenvalue weighted by molar-refractivity contribution is 0.00592. The Labute approximate surface area is 222 Å². The number of nitrogens with zero attached hydrogens (tertiary/aromatic N) is 1. The number of aryl methyl sites for hydroxylation is 1. The summed E-state index contributed by atoms with van der Waals surface area (Å²) < 4.78 is 32.8. The Morgan fingerprint density at radius 2 is 1.86 bits per heavy atom. The summed E-state index contributed by atoms with van der Waals surface area (Å²) in [6.07, 6.45) is 6.91. The van der Waals surface area contributed by atoms with Crippen molar-refractivity contribution in [3.05, 3.63) is 59.7 Å². The van der Waals surface area contributed by atoms with Gasteiger partial charge in [0, 0.05) is 12.6 Å². The van der Waals surface area contributed by atoms with Gasteiger partial charge in [-0.15, -0.1) is 0 Å². The number of rotatable bonds is 10. The highest BCUT2D eigenvalue weighted by Gasteiger charge is 2.37. The van der Waals surface area contributed by atoms with Crippen LogP contribution in [0, 0.1) is 0 Å². The van der Waals surface area contributed by atoms with Crippen LogP contribution in [0.3, 0.4) is 0 Å². The maximum Gasteiger partial charge on any atom is 0.410 e. The summed E-state index contributed by atoms with van der Waals surface area (Å²) in [4.78, 5) is 14.8. The minimum Gasteiger partial charge on any atom is -0.444 e. The number of piperidine rings is 1. The number of nitrogens with one attached hydrogen (secondary N) is 1. The maximum atomic E-state index is 13.1. The first-order valence-corrected chi connectivity index (χ1v) is 15.2. The van der Waals surface area contributed by atoms with E-state index in [0.717, 1.165) is 43.4 Å². The minimum absolute atomic E-state index is 0.347. The van der Waals surface area contributed by atoms with E-state index >= 15 is 0 Å². The summed E-state index contributed by atoms with van der Waals surface area (Å²) in [6.45, 7) is 6.78. The van der Waals surface area contributed by atoms with E-state index in [1.165, 1.54) is 17.4 Å². The van der Waals surface area contributed by atoms with Crippen molar-refractivity contribution in [1.82, 2.24) is 9.62 Å². The van der Waals surface area contributed by atoms with E-state index in [4.69, 9.17) is 10.5 Å². The van der Waals surface area contributed by atoms with Gasteiger partial charge in [0.1, 0.15) is 5.60 Å².